The van der Waals surface area contributed by atoms with Crippen LogP contribution in [0.1, 0.15) is 32.3 Å². The number of nitrogens with zero attached hydrogens (tertiary/aromatic N) is 1. The predicted octanol–water partition coefficient (Wildman–Crippen LogP) is 2.27. The summed E-state index contributed by atoms with van der Waals surface area (Å²) in [4.78, 5) is 25.9. The monoisotopic (exact) mass is 496 g/mol. The molecule has 0 aliphatic carbocycles. The van der Waals surface area contributed by atoms with Gasteiger partial charge < -0.3 is 14.2 Å². The van der Waals surface area contributed by atoms with E-state index in [1.807, 2.05) is 12.1 Å². The molecule has 9 nitrogen and oxygen atoms in total. The molecule has 1 aliphatic heterocycles. The Kier molecular flexibility index (Phi) is 8.44. The van der Waals surface area contributed by atoms with Crippen molar-refractivity contribution in [3.63, 3.8) is 0 Å². The van der Waals surface area contributed by atoms with Crippen molar-refractivity contribution in [2.75, 3.05) is 47.1 Å². The quantitative estimate of drug-likeness (QED) is 0.554. The van der Waals surface area contributed by atoms with E-state index in [1.165, 1.54) is 6.07 Å². The van der Waals surface area contributed by atoms with Gasteiger partial charge in [0.2, 0.25) is 10.0 Å². The Morgan fingerprint density at radius 3 is 2.18 bits per heavy atom. The number of carbonyl (C=O) groups is 2. The fourth-order valence-corrected chi connectivity index (χ4v) is 4.94. The van der Waals surface area contributed by atoms with E-state index in [2.05, 4.69) is 19.1 Å². The molecular weight excluding hydrogens is 472 g/mol. The maximum atomic E-state index is 13.2. The van der Waals surface area contributed by atoms with E-state index in [0.29, 0.717) is 31.3 Å². The van der Waals surface area contributed by atoms with Crippen molar-refractivity contribution in [3.8, 4) is 0 Å². The van der Waals surface area contributed by atoms with Crippen LogP contribution in [0.2, 0.25) is 5.02 Å². The van der Waals surface area contributed by atoms with E-state index in [1.54, 1.807) is 12.1 Å². The Labute approximate surface area is 197 Å². The molecule has 0 aromatic heterocycles. The number of rotatable bonds is 8. The molecule has 3 rings (SSSR count). The average molecular weight is 497 g/mol. The molecule has 0 saturated carbocycles. The third-order valence-electron chi connectivity index (χ3n) is 5.28. The molecule has 1 aliphatic rings. The molecule has 178 valence electrons. The standard InChI is InChI=1S/C22H25ClN2O7S/c1-30-21(26)15-11-16(22(27)31-2)13-17(12-15)33(28,29)24-14-20(25-7-9-32-10-8-25)18-5-3-4-6-19(18)23/h3-6,11-13,20,24H,7-10,14H2,1-2H3. The minimum Gasteiger partial charge on any atom is -0.465 e. The van der Waals surface area contributed by atoms with Crippen molar-refractivity contribution in [2.45, 2.75) is 10.9 Å². The predicted molar refractivity (Wildman–Crippen MR) is 121 cm³/mol. The van der Waals surface area contributed by atoms with E-state index in [4.69, 9.17) is 16.3 Å². The Morgan fingerprint density at radius 2 is 1.64 bits per heavy atom. The minimum absolute atomic E-state index is 0.0159. The van der Waals surface area contributed by atoms with E-state index >= 15 is 0 Å². The van der Waals surface area contributed by atoms with Crippen LogP contribution < -0.4 is 4.72 Å². The molecule has 0 radical (unpaired) electrons. The fourth-order valence-electron chi connectivity index (χ4n) is 3.57. The van der Waals surface area contributed by atoms with Gasteiger partial charge in [0.05, 0.1) is 43.5 Å². The van der Waals surface area contributed by atoms with Gasteiger partial charge in [-0.05, 0) is 29.8 Å². The lowest BCUT2D eigenvalue weighted by molar-refractivity contribution is 0.0172. The van der Waals surface area contributed by atoms with E-state index in [0.717, 1.165) is 31.9 Å². The van der Waals surface area contributed by atoms with Gasteiger partial charge in [0.15, 0.2) is 0 Å². The van der Waals surface area contributed by atoms with Crippen molar-refractivity contribution in [1.82, 2.24) is 9.62 Å². The minimum atomic E-state index is -4.11. The Balaban J connectivity index is 1.92. The molecule has 2 aromatic carbocycles. The highest BCUT2D eigenvalue weighted by Crippen LogP contribution is 2.28. The number of hydrogen-bond acceptors (Lipinski definition) is 8. The SMILES string of the molecule is COC(=O)c1cc(C(=O)OC)cc(S(=O)(=O)NCC(c2ccccc2Cl)N2CCOCC2)c1. The lowest BCUT2D eigenvalue weighted by atomic mass is 10.0. The Hall–Kier alpha value is -2.50. The highest BCUT2D eigenvalue weighted by atomic mass is 35.5. The molecule has 1 atom stereocenters. The second-order valence-electron chi connectivity index (χ2n) is 7.27. The fraction of sp³-hybridized carbons (Fsp3) is 0.364. The number of morpholine rings is 1. The number of nitrogens with one attached hydrogen (secondary N) is 1. The van der Waals surface area contributed by atoms with Gasteiger partial charge in [-0.1, -0.05) is 29.8 Å². The van der Waals surface area contributed by atoms with Crippen LogP contribution in [0, 0.1) is 0 Å². The molecule has 1 fully saturated rings. The van der Waals surface area contributed by atoms with E-state index < -0.39 is 22.0 Å². The zero-order valence-electron chi connectivity index (χ0n) is 18.2. The van der Waals surface area contributed by atoms with Crippen LogP contribution in [0.5, 0.6) is 0 Å². The lowest BCUT2D eigenvalue weighted by Gasteiger charge is -2.35. The first kappa shape index (κ1) is 25.1. The maximum Gasteiger partial charge on any atom is 0.337 e. The summed E-state index contributed by atoms with van der Waals surface area (Å²) in [5.74, 6) is -1.56. The Morgan fingerprint density at radius 1 is 1.06 bits per heavy atom. The first-order chi connectivity index (χ1) is 15.8. The number of carbonyl (C=O) groups excluding carboxylic acids is 2. The van der Waals surface area contributed by atoms with Crippen molar-refractivity contribution in [2.24, 2.45) is 0 Å². The third kappa shape index (κ3) is 6.10. The van der Waals surface area contributed by atoms with Gasteiger partial charge in [-0.15, -0.1) is 0 Å². The highest BCUT2D eigenvalue weighted by molar-refractivity contribution is 7.89. The van der Waals surface area contributed by atoms with E-state index in [9.17, 15) is 18.0 Å². The first-order valence-electron chi connectivity index (χ1n) is 10.1. The summed E-state index contributed by atoms with van der Waals surface area (Å²) in [7, 11) is -1.78. The van der Waals surface area contributed by atoms with E-state index in [-0.39, 0.29) is 28.6 Å². The number of benzene rings is 2. The zero-order valence-corrected chi connectivity index (χ0v) is 19.8. The first-order valence-corrected chi connectivity index (χ1v) is 12.0. The normalized spacial score (nSPS) is 15.6. The number of hydrogen-bond donors (Lipinski definition) is 1. The van der Waals surface area contributed by atoms with Crippen molar-refractivity contribution in [1.29, 1.82) is 0 Å². The topological polar surface area (TPSA) is 111 Å². The lowest BCUT2D eigenvalue weighted by Crippen LogP contribution is -2.44. The Bertz CT molecular complexity index is 1080. The van der Waals surface area contributed by atoms with Crippen molar-refractivity contribution >= 4 is 33.6 Å². The molecule has 1 unspecified atom stereocenters. The summed E-state index contributed by atoms with van der Waals surface area (Å²) in [6.45, 7) is 2.29. The molecule has 0 spiro atoms. The summed E-state index contributed by atoms with van der Waals surface area (Å²) in [6, 6.07) is 10.4. The number of esters is 2. The summed E-state index contributed by atoms with van der Waals surface area (Å²) < 4.78 is 43.7. The number of sulfonamides is 1. The summed E-state index contributed by atoms with van der Waals surface area (Å²) in [6.07, 6.45) is 0. The van der Waals surface area contributed by atoms with Gasteiger partial charge >= 0.3 is 11.9 Å². The van der Waals surface area contributed by atoms with Gasteiger partial charge in [-0.2, -0.15) is 0 Å². The van der Waals surface area contributed by atoms with Crippen LogP contribution in [-0.2, 0) is 24.2 Å². The molecule has 2 aromatic rings. The molecule has 1 N–H and O–H groups in total. The van der Waals surface area contributed by atoms with Crippen molar-refractivity contribution in [3.05, 3.63) is 64.2 Å². The largest absolute Gasteiger partial charge is 0.465 e. The average Bonchev–Trinajstić information content (AvgIpc) is 2.84. The highest BCUT2D eigenvalue weighted by Gasteiger charge is 2.27. The van der Waals surface area contributed by atoms with Crippen LogP contribution >= 0.6 is 11.6 Å². The van der Waals surface area contributed by atoms with Gasteiger partial charge in [-0.25, -0.2) is 22.7 Å². The zero-order chi connectivity index (χ0) is 24.0. The molecular formula is C22H25ClN2O7S. The van der Waals surface area contributed by atoms with Gasteiger partial charge in [-0.3, -0.25) is 4.90 Å². The van der Waals surface area contributed by atoms with Crippen LogP contribution in [-0.4, -0.2) is 72.3 Å². The van der Waals surface area contributed by atoms with Crippen LogP contribution in [0.3, 0.4) is 0 Å². The number of methoxy groups -OCH3 is 2. The summed E-state index contributed by atoms with van der Waals surface area (Å²) in [5, 5.41) is 0.522. The van der Waals surface area contributed by atoms with Crippen molar-refractivity contribution < 1.29 is 32.2 Å². The molecule has 11 heteroatoms. The summed E-state index contributed by atoms with van der Waals surface area (Å²) >= 11 is 6.41. The smallest absolute Gasteiger partial charge is 0.337 e. The molecule has 33 heavy (non-hydrogen) atoms. The number of halogens is 1. The van der Waals surface area contributed by atoms with Gasteiger partial charge in [0, 0.05) is 30.7 Å². The van der Waals surface area contributed by atoms with Gasteiger partial charge in [0.1, 0.15) is 0 Å². The van der Waals surface area contributed by atoms with Crippen LogP contribution in [0.15, 0.2) is 47.4 Å². The third-order valence-corrected chi connectivity index (χ3v) is 7.02. The molecule has 1 heterocycles. The molecule has 0 bridgehead atoms. The second kappa shape index (κ2) is 11.1. The van der Waals surface area contributed by atoms with Crippen LogP contribution in [0.25, 0.3) is 0 Å². The number of ether oxygens (including phenoxy) is 3. The second-order valence-corrected chi connectivity index (χ2v) is 9.44. The molecule has 1 saturated heterocycles. The maximum absolute atomic E-state index is 13.2. The summed E-state index contributed by atoms with van der Waals surface area (Å²) in [5.41, 5.74) is 0.607. The molecule has 0 amide bonds. The van der Waals surface area contributed by atoms with Gasteiger partial charge in [0.25, 0.3) is 0 Å². The van der Waals surface area contributed by atoms with Crippen LogP contribution in [0.4, 0.5) is 0 Å².